The molecule has 3 aromatic rings. The molecule has 0 saturated heterocycles. The van der Waals surface area contributed by atoms with Gasteiger partial charge in [0.25, 0.3) is 0 Å². The third-order valence-electron chi connectivity index (χ3n) is 3.79. The number of para-hydroxylation sites is 1. The highest BCUT2D eigenvalue weighted by Gasteiger charge is 2.22. The zero-order chi connectivity index (χ0) is 16.4. The smallest absolute Gasteiger partial charge is 0.130 e. The van der Waals surface area contributed by atoms with Crippen molar-refractivity contribution in [1.82, 2.24) is 9.78 Å². The van der Waals surface area contributed by atoms with Crippen LogP contribution in [0.15, 0.2) is 54.6 Å². The molecule has 0 amide bonds. The van der Waals surface area contributed by atoms with Crippen LogP contribution in [-0.2, 0) is 0 Å². The number of aromatic nitrogens is 2. The average molecular weight is 313 g/mol. The quantitative estimate of drug-likeness (QED) is 0.800. The molecule has 1 aromatic heterocycles. The SMILES string of the molecule is Cc1cc(C(CN)c2ccc(F)cc2F)n(-c2ccccc2)n1. The van der Waals surface area contributed by atoms with Gasteiger partial charge in [-0.25, -0.2) is 13.5 Å². The van der Waals surface area contributed by atoms with Crippen LogP contribution >= 0.6 is 0 Å². The summed E-state index contributed by atoms with van der Waals surface area (Å²) in [4.78, 5) is 0. The Morgan fingerprint density at radius 3 is 2.48 bits per heavy atom. The third-order valence-corrected chi connectivity index (χ3v) is 3.79. The van der Waals surface area contributed by atoms with Crippen molar-refractivity contribution in [1.29, 1.82) is 0 Å². The van der Waals surface area contributed by atoms with Crippen molar-refractivity contribution in [2.75, 3.05) is 6.54 Å². The molecule has 0 radical (unpaired) electrons. The van der Waals surface area contributed by atoms with Gasteiger partial charge in [0.1, 0.15) is 11.6 Å². The van der Waals surface area contributed by atoms with E-state index in [2.05, 4.69) is 5.10 Å². The predicted octanol–water partition coefficient (Wildman–Crippen LogP) is 3.55. The molecule has 0 fully saturated rings. The first-order valence-corrected chi connectivity index (χ1v) is 7.37. The van der Waals surface area contributed by atoms with Crippen LogP contribution in [0.4, 0.5) is 8.78 Å². The van der Waals surface area contributed by atoms with Crippen LogP contribution in [0, 0.1) is 18.6 Å². The molecule has 0 bridgehead atoms. The van der Waals surface area contributed by atoms with Crippen LogP contribution < -0.4 is 5.73 Å². The topological polar surface area (TPSA) is 43.8 Å². The van der Waals surface area contributed by atoms with Crippen LogP contribution in [-0.4, -0.2) is 16.3 Å². The highest BCUT2D eigenvalue weighted by atomic mass is 19.1. The molecule has 2 N–H and O–H groups in total. The molecule has 1 atom stereocenters. The lowest BCUT2D eigenvalue weighted by Gasteiger charge is -2.18. The first kappa shape index (κ1) is 15.4. The van der Waals surface area contributed by atoms with E-state index in [1.807, 2.05) is 43.3 Å². The van der Waals surface area contributed by atoms with Crippen LogP contribution in [0.25, 0.3) is 5.69 Å². The van der Waals surface area contributed by atoms with E-state index in [-0.39, 0.29) is 6.54 Å². The van der Waals surface area contributed by atoms with Gasteiger partial charge in [0.15, 0.2) is 0 Å². The van der Waals surface area contributed by atoms with Crippen LogP contribution in [0.2, 0.25) is 0 Å². The summed E-state index contributed by atoms with van der Waals surface area (Å²) >= 11 is 0. The number of nitrogens with two attached hydrogens (primary N) is 1. The van der Waals surface area contributed by atoms with Crippen molar-refractivity contribution in [3.63, 3.8) is 0 Å². The van der Waals surface area contributed by atoms with Crippen LogP contribution in [0.3, 0.4) is 0 Å². The molecule has 0 saturated carbocycles. The number of hydrogen-bond donors (Lipinski definition) is 1. The molecule has 0 spiro atoms. The van der Waals surface area contributed by atoms with Crippen molar-refractivity contribution < 1.29 is 8.78 Å². The Bertz CT molecular complexity index is 812. The monoisotopic (exact) mass is 313 g/mol. The fourth-order valence-corrected chi connectivity index (χ4v) is 2.73. The van der Waals surface area contributed by atoms with Gasteiger partial charge in [-0.05, 0) is 36.8 Å². The molecule has 0 aliphatic carbocycles. The van der Waals surface area contributed by atoms with Gasteiger partial charge in [0, 0.05) is 18.5 Å². The van der Waals surface area contributed by atoms with E-state index < -0.39 is 17.6 Å². The molecule has 118 valence electrons. The minimum atomic E-state index is -0.602. The Balaban J connectivity index is 2.12. The molecule has 23 heavy (non-hydrogen) atoms. The molecule has 0 aliphatic rings. The largest absolute Gasteiger partial charge is 0.329 e. The Morgan fingerprint density at radius 2 is 1.83 bits per heavy atom. The van der Waals surface area contributed by atoms with Crippen molar-refractivity contribution >= 4 is 0 Å². The standard InChI is InChI=1S/C18H17F2N3/c1-12-9-18(23(22-12)14-5-3-2-4-6-14)16(11-21)15-8-7-13(19)10-17(15)20/h2-10,16H,11,21H2,1H3. The van der Waals surface area contributed by atoms with Gasteiger partial charge in [-0.2, -0.15) is 5.10 Å². The van der Waals surface area contributed by atoms with E-state index in [0.717, 1.165) is 23.1 Å². The van der Waals surface area contributed by atoms with Crippen LogP contribution in [0.5, 0.6) is 0 Å². The van der Waals surface area contributed by atoms with Crippen molar-refractivity contribution in [2.45, 2.75) is 12.8 Å². The van der Waals surface area contributed by atoms with Gasteiger partial charge in [0.2, 0.25) is 0 Å². The van der Waals surface area contributed by atoms with Crippen LogP contribution in [0.1, 0.15) is 22.9 Å². The highest BCUT2D eigenvalue weighted by molar-refractivity contribution is 5.38. The number of rotatable bonds is 4. The summed E-state index contributed by atoms with van der Waals surface area (Å²) in [5, 5.41) is 4.49. The second-order valence-corrected chi connectivity index (χ2v) is 5.41. The summed E-state index contributed by atoms with van der Waals surface area (Å²) in [5.74, 6) is -1.61. The normalized spacial score (nSPS) is 12.3. The number of halogens is 2. The van der Waals surface area contributed by atoms with E-state index in [1.165, 1.54) is 12.1 Å². The highest BCUT2D eigenvalue weighted by Crippen LogP contribution is 2.28. The summed E-state index contributed by atoms with van der Waals surface area (Å²) in [6, 6.07) is 15.0. The summed E-state index contributed by atoms with van der Waals surface area (Å²) < 4.78 is 29.1. The minimum Gasteiger partial charge on any atom is -0.329 e. The third kappa shape index (κ3) is 3.00. The minimum absolute atomic E-state index is 0.195. The first-order valence-electron chi connectivity index (χ1n) is 7.37. The average Bonchev–Trinajstić information content (AvgIpc) is 2.93. The van der Waals surface area contributed by atoms with Crippen molar-refractivity contribution in [2.24, 2.45) is 5.73 Å². The number of nitrogens with zero attached hydrogens (tertiary/aromatic N) is 2. The second kappa shape index (κ2) is 6.30. The van der Waals surface area contributed by atoms with Gasteiger partial charge in [-0.15, -0.1) is 0 Å². The van der Waals surface area contributed by atoms with E-state index in [1.54, 1.807) is 4.68 Å². The van der Waals surface area contributed by atoms with Gasteiger partial charge >= 0.3 is 0 Å². The molecule has 2 aromatic carbocycles. The molecule has 1 heterocycles. The first-order chi connectivity index (χ1) is 11.1. The van der Waals surface area contributed by atoms with E-state index >= 15 is 0 Å². The lowest BCUT2D eigenvalue weighted by Crippen LogP contribution is -2.19. The molecule has 5 heteroatoms. The fraction of sp³-hybridized carbons (Fsp3) is 0.167. The fourth-order valence-electron chi connectivity index (χ4n) is 2.73. The van der Waals surface area contributed by atoms with E-state index in [4.69, 9.17) is 5.73 Å². The number of hydrogen-bond acceptors (Lipinski definition) is 2. The summed E-state index contributed by atoms with van der Waals surface area (Å²) in [6.07, 6.45) is 0. The zero-order valence-corrected chi connectivity index (χ0v) is 12.7. The number of aryl methyl sites for hydroxylation is 1. The molecular formula is C18H17F2N3. The van der Waals surface area contributed by atoms with E-state index in [9.17, 15) is 8.78 Å². The van der Waals surface area contributed by atoms with Gasteiger partial charge < -0.3 is 5.73 Å². The maximum Gasteiger partial charge on any atom is 0.130 e. The van der Waals surface area contributed by atoms with Gasteiger partial charge in [-0.1, -0.05) is 24.3 Å². The maximum absolute atomic E-state index is 14.2. The van der Waals surface area contributed by atoms with Gasteiger partial charge in [-0.3, -0.25) is 0 Å². The Morgan fingerprint density at radius 1 is 1.09 bits per heavy atom. The summed E-state index contributed by atoms with van der Waals surface area (Å²) in [5.41, 5.74) is 8.73. The lowest BCUT2D eigenvalue weighted by molar-refractivity contribution is 0.560. The zero-order valence-electron chi connectivity index (χ0n) is 12.7. The Kier molecular flexibility index (Phi) is 4.21. The second-order valence-electron chi connectivity index (χ2n) is 5.41. The molecule has 0 aliphatic heterocycles. The predicted molar refractivity (Wildman–Crippen MR) is 85.6 cm³/mol. The Labute approximate surface area is 133 Å². The maximum atomic E-state index is 14.2. The Hall–Kier alpha value is -2.53. The molecule has 3 rings (SSSR count). The van der Waals surface area contributed by atoms with E-state index in [0.29, 0.717) is 5.56 Å². The summed E-state index contributed by atoms with van der Waals surface area (Å²) in [7, 11) is 0. The number of benzene rings is 2. The van der Waals surface area contributed by atoms with Crippen molar-refractivity contribution in [3.05, 3.63) is 83.2 Å². The molecule has 3 nitrogen and oxygen atoms in total. The molecule has 1 unspecified atom stereocenters. The molecular weight excluding hydrogens is 296 g/mol. The summed E-state index contributed by atoms with van der Waals surface area (Å²) in [6.45, 7) is 2.07. The lowest BCUT2D eigenvalue weighted by atomic mass is 9.94. The van der Waals surface area contributed by atoms with Crippen molar-refractivity contribution in [3.8, 4) is 5.69 Å². The van der Waals surface area contributed by atoms with Gasteiger partial charge in [0.05, 0.1) is 17.1 Å².